The molecule has 2 N–H and O–H groups in total. The quantitative estimate of drug-likeness (QED) is 0.771. The number of piperidine rings is 1. The van der Waals surface area contributed by atoms with Gasteiger partial charge in [-0.25, -0.2) is 4.98 Å². The third kappa shape index (κ3) is 4.62. The largest absolute Gasteiger partial charge is 0.488 e. The van der Waals surface area contributed by atoms with Crippen molar-refractivity contribution in [1.82, 2.24) is 19.8 Å². The number of benzene rings is 1. The second kappa shape index (κ2) is 9.01. The van der Waals surface area contributed by atoms with Gasteiger partial charge in [-0.1, -0.05) is 6.07 Å². The van der Waals surface area contributed by atoms with Crippen molar-refractivity contribution in [2.24, 2.45) is 11.8 Å². The maximum atomic E-state index is 12.8. The number of aromatic amines is 1. The lowest BCUT2D eigenvalue weighted by atomic mass is 9.78. The van der Waals surface area contributed by atoms with Crippen molar-refractivity contribution in [2.75, 3.05) is 26.2 Å². The molecule has 2 aromatic rings. The summed E-state index contributed by atoms with van der Waals surface area (Å²) >= 11 is 0. The lowest BCUT2D eigenvalue weighted by Crippen LogP contribution is -2.42. The van der Waals surface area contributed by atoms with Crippen molar-refractivity contribution in [3.05, 3.63) is 48.0 Å². The number of H-pyrrole nitrogens is 1. The number of fused-ring (bicyclic) bond motifs is 1. The Hall–Kier alpha value is -2.38. The van der Waals surface area contributed by atoms with Gasteiger partial charge in [0.25, 0.3) is 5.91 Å². The van der Waals surface area contributed by atoms with Crippen molar-refractivity contribution >= 4 is 5.91 Å². The average molecular weight is 425 g/mol. The first-order chi connectivity index (χ1) is 15.2. The van der Waals surface area contributed by atoms with E-state index in [4.69, 9.17) is 4.74 Å². The van der Waals surface area contributed by atoms with Crippen LogP contribution in [-0.2, 0) is 6.54 Å². The number of carbonyl (C=O) groups is 1. The molecule has 0 unspecified atom stereocenters. The summed E-state index contributed by atoms with van der Waals surface area (Å²) < 4.78 is 6.24. The Morgan fingerprint density at radius 3 is 2.74 bits per heavy atom. The van der Waals surface area contributed by atoms with Gasteiger partial charge in [0.1, 0.15) is 17.7 Å². The molecule has 1 aromatic carbocycles. The van der Waals surface area contributed by atoms with Crippen LogP contribution in [0.5, 0.6) is 5.75 Å². The van der Waals surface area contributed by atoms with E-state index in [1.165, 1.54) is 6.42 Å². The lowest BCUT2D eigenvalue weighted by molar-refractivity contribution is -0.0231. The Balaban J connectivity index is 1.21. The first-order valence-corrected chi connectivity index (χ1v) is 11.6. The maximum Gasteiger partial charge on any atom is 0.253 e. The lowest BCUT2D eigenvalue weighted by Gasteiger charge is -2.35. The summed E-state index contributed by atoms with van der Waals surface area (Å²) in [5.41, 5.74) is 0.674. The van der Waals surface area contributed by atoms with Crippen LogP contribution in [0.3, 0.4) is 0 Å². The molecule has 5 rings (SSSR count). The molecule has 3 fully saturated rings. The van der Waals surface area contributed by atoms with Gasteiger partial charge in [0.05, 0.1) is 12.6 Å². The van der Waals surface area contributed by atoms with Gasteiger partial charge in [0, 0.05) is 44.1 Å². The number of hydrogen-bond acceptors (Lipinski definition) is 5. The number of carbonyl (C=O) groups excluding carboxylic acids is 1. The number of rotatable bonds is 5. The highest BCUT2D eigenvalue weighted by atomic mass is 16.5. The van der Waals surface area contributed by atoms with Crippen LogP contribution in [0.2, 0.25) is 0 Å². The first-order valence-electron chi connectivity index (χ1n) is 11.6. The van der Waals surface area contributed by atoms with E-state index in [1.807, 2.05) is 35.4 Å². The van der Waals surface area contributed by atoms with Gasteiger partial charge < -0.3 is 19.7 Å². The predicted molar refractivity (Wildman–Crippen MR) is 117 cm³/mol. The van der Waals surface area contributed by atoms with E-state index in [0.29, 0.717) is 23.1 Å². The van der Waals surface area contributed by atoms with Gasteiger partial charge in [-0.3, -0.25) is 9.69 Å². The molecule has 7 nitrogen and oxygen atoms in total. The molecule has 3 heterocycles. The zero-order chi connectivity index (χ0) is 21.2. The Labute approximate surface area is 183 Å². The van der Waals surface area contributed by atoms with E-state index in [1.54, 1.807) is 6.20 Å². The standard InChI is InChI=1S/C24H32N4O3/c29-21-12-18-14-27(16-23-25-7-8-26-23)15-19(18)13-22(21)31-20-6-4-5-17(11-20)24(30)28-9-2-1-3-10-28/h4-8,11,18-19,21-22,29H,1-3,9-10,12-16H2,(H,25,26)/t18-,19+,21+,22+/m0/s1. The van der Waals surface area contributed by atoms with Crippen molar-refractivity contribution in [3.8, 4) is 5.75 Å². The van der Waals surface area contributed by atoms with Crippen LogP contribution >= 0.6 is 0 Å². The summed E-state index contributed by atoms with van der Waals surface area (Å²) in [5.74, 6) is 2.76. The summed E-state index contributed by atoms with van der Waals surface area (Å²) in [6, 6.07) is 7.48. The van der Waals surface area contributed by atoms with Gasteiger partial charge in [-0.05, 0) is 62.1 Å². The molecule has 1 saturated carbocycles. The molecule has 31 heavy (non-hydrogen) atoms. The third-order valence-electron chi connectivity index (χ3n) is 7.10. The van der Waals surface area contributed by atoms with Crippen LogP contribution in [0.4, 0.5) is 0 Å². The zero-order valence-electron chi connectivity index (χ0n) is 17.9. The van der Waals surface area contributed by atoms with Gasteiger partial charge in [0.2, 0.25) is 0 Å². The number of hydrogen-bond donors (Lipinski definition) is 2. The molecular formula is C24H32N4O3. The number of imidazole rings is 1. The zero-order valence-corrected chi connectivity index (χ0v) is 17.9. The molecule has 0 bridgehead atoms. The summed E-state index contributed by atoms with van der Waals surface area (Å²) in [4.78, 5) is 24.7. The molecule has 7 heteroatoms. The summed E-state index contributed by atoms with van der Waals surface area (Å²) in [6.45, 7) is 4.49. The Bertz CT molecular complexity index is 881. The SMILES string of the molecule is O=C(c1cccc(O[C@@H]2C[C@@H]3CN(Cc4ncc[nH]4)C[C@@H]3C[C@H]2O)c1)N1CCCCC1. The minimum atomic E-state index is -0.480. The molecule has 2 saturated heterocycles. The minimum absolute atomic E-state index is 0.0822. The van der Waals surface area contributed by atoms with E-state index >= 15 is 0 Å². The Morgan fingerprint density at radius 2 is 1.97 bits per heavy atom. The fraction of sp³-hybridized carbons (Fsp3) is 0.583. The average Bonchev–Trinajstić information content (AvgIpc) is 3.44. The van der Waals surface area contributed by atoms with E-state index in [0.717, 1.165) is 64.2 Å². The number of nitrogens with one attached hydrogen (secondary N) is 1. The first kappa shape index (κ1) is 20.5. The molecular weight excluding hydrogens is 392 g/mol. The van der Waals surface area contributed by atoms with E-state index in [9.17, 15) is 9.90 Å². The van der Waals surface area contributed by atoms with Crippen molar-refractivity contribution < 1.29 is 14.6 Å². The number of amides is 1. The number of nitrogens with zero attached hydrogens (tertiary/aromatic N) is 3. The second-order valence-electron chi connectivity index (χ2n) is 9.33. The monoisotopic (exact) mass is 424 g/mol. The van der Waals surface area contributed by atoms with Gasteiger partial charge in [0.15, 0.2) is 0 Å². The molecule has 166 valence electrons. The molecule has 1 aliphatic carbocycles. The van der Waals surface area contributed by atoms with Crippen LogP contribution in [0.1, 0.15) is 48.3 Å². The Kier molecular flexibility index (Phi) is 5.96. The molecule has 1 aromatic heterocycles. The fourth-order valence-corrected chi connectivity index (χ4v) is 5.50. The summed E-state index contributed by atoms with van der Waals surface area (Å²) in [7, 11) is 0. The molecule has 2 aliphatic heterocycles. The topological polar surface area (TPSA) is 81.7 Å². The van der Waals surface area contributed by atoms with Crippen LogP contribution < -0.4 is 4.74 Å². The van der Waals surface area contributed by atoms with Gasteiger partial charge in [-0.2, -0.15) is 0 Å². The number of likely N-dealkylation sites (tertiary alicyclic amines) is 2. The number of aromatic nitrogens is 2. The smallest absolute Gasteiger partial charge is 0.253 e. The van der Waals surface area contributed by atoms with Crippen LogP contribution in [0.25, 0.3) is 0 Å². The third-order valence-corrected chi connectivity index (χ3v) is 7.10. The highest BCUT2D eigenvalue weighted by Crippen LogP contribution is 2.38. The molecule has 0 spiro atoms. The Morgan fingerprint density at radius 1 is 1.16 bits per heavy atom. The van der Waals surface area contributed by atoms with Crippen LogP contribution in [0.15, 0.2) is 36.7 Å². The molecule has 4 atom stereocenters. The predicted octanol–water partition coefficient (Wildman–Crippen LogP) is 2.69. The van der Waals surface area contributed by atoms with Crippen molar-refractivity contribution in [3.63, 3.8) is 0 Å². The van der Waals surface area contributed by atoms with Gasteiger partial charge >= 0.3 is 0 Å². The fourth-order valence-electron chi connectivity index (χ4n) is 5.50. The summed E-state index contributed by atoms with van der Waals surface area (Å²) in [5, 5.41) is 10.8. The number of ether oxygens (including phenoxy) is 1. The second-order valence-corrected chi connectivity index (χ2v) is 9.33. The molecule has 0 radical (unpaired) electrons. The maximum absolute atomic E-state index is 12.8. The molecule has 1 amide bonds. The highest BCUT2D eigenvalue weighted by Gasteiger charge is 2.42. The number of aliphatic hydroxyl groups is 1. The highest BCUT2D eigenvalue weighted by molar-refractivity contribution is 5.94. The number of aliphatic hydroxyl groups excluding tert-OH is 1. The minimum Gasteiger partial charge on any atom is -0.488 e. The van der Waals surface area contributed by atoms with Crippen molar-refractivity contribution in [1.29, 1.82) is 0 Å². The van der Waals surface area contributed by atoms with E-state index < -0.39 is 6.10 Å². The normalized spacial score (nSPS) is 29.0. The van der Waals surface area contributed by atoms with Crippen LogP contribution in [-0.4, -0.2) is 69.2 Å². The van der Waals surface area contributed by atoms with E-state index in [2.05, 4.69) is 14.9 Å². The van der Waals surface area contributed by atoms with Crippen LogP contribution in [0, 0.1) is 11.8 Å². The van der Waals surface area contributed by atoms with E-state index in [-0.39, 0.29) is 12.0 Å². The molecule has 3 aliphatic rings. The van der Waals surface area contributed by atoms with Crippen molar-refractivity contribution in [2.45, 2.75) is 50.9 Å². The van der Waals surface area contributed by atoms with Gasteiger partial charge in [-0.15, -0.1) is 0 Å². The summed E-state index contributed by atoms with van der Waals surface area (Å²) in [6.07, 6.45) is 7.89.